The average Bonchev–Trinajstić information content (AvgIpc) is 2.82. The van der Waals surface area contributed by atoms with Crippen LogP contribution in [0.1, 0.15) is 39.0 Å². The van der Waals surface area contributed by atoms with Gasteiger partial charge in [0.15, 0.2) is 0 Å². The first-order valence-electron chi connectivity index (χ1n) is 6.53. The second-order valence-electron chi connectivity index (χ2n) is 4.40. The van der Waals surface area contributed by atoms with E-state index in [2.05, 4.69) is 17.2 Å². The van der Waals surface area contributed by atoms with Crippen molar-refractivity contribution >= 4 is 16.9 Å². The van der Waals surface area contributed by atoms with Crippen molar-refractivity contribution in [3.8, 4) is 0 Å². The SMILES string of the molecule is CCCCCC/C=C(/O)n1nnc2ccccc21. The summed E-state index contributed by atoms with van der Waals surface area (Å²) >= 11 is 0. The van der Waals surface area contributed by atoms with Gasteiger partial charge >= 0.3 is 0 Å². The van der Waals surface area contributed by atoms with Crippen molar-refractivity contribution < 1.29 is 5.11 Å². The summed E-state index contributed by atoms with van der Waals surface area (Å²) in [7, 11) is 0. The molecule has 2 aromatic rings. The Balaban J connectivity index is 2.04. The number of aromatic nitrogens is 3. The molecule has 1 aromatic carbocycles. The number of benzene rings is 1. The van der Waals surface area contributed by atoms with Crippen LogP contribution in [0.3, 0.4) is 0 Å². The van der Waals surface area contributed by atoms with Crippen molar-refractivity contribution in [3.63, 3.8) is 0 Å². The molecule has 1 aromatic heterocycles. The number of aliphatic hydroxyl groups excluding tert-OH is 1. The minimum atomic E-state index is 0.167. The predicted octanol–water partition coefficient (Wildman–Crippen LogP) is 3.76. The lowest BCUT2D eigenvalue weighted by atomic mass is 10.1. The van der Waals surface area contributed by atoms with Gasteiger partial charge in [-0.05, 0) is 31.1 Å². The number of hydrogen-bond acceptors (Lipinski definition) is 3. The van der Waals surface area contributed by atoms with E-state index in [1.54, 1.807) is 0 Å². The van der Waals surface area contributed by atoms with Crippen LogP contribution in [0.25, 0.3) is 16.9 Å². The first-order valence-corrected chi connectivity index (χ1v) is 6.53. The molecule has 0 bridgehead atoms. The zero-order chi connectivity index (χ0) is 12.8. The lowest BCUT2D eigenvalue weighted by Gasteiger charge is -2.00. The van der Waals surface area contributed by atoms with E-state index in [0.717, 1.165) is 23.9 Å². The molecule has 0 aliphatic rings. The summed E-state index contributed by atoms with van der Waals surface area (Å²) in [6, 6.07) is 7.60. The van der Waals surface area contributed by atoms with Gasteiger partial charge in [0.1, 0.15) is 5.52 Å². The maximum absolute atomic E-state index is 9.99. The molecule has 0 saturated heterocycles. The molecular formula is C14H19N3O. The molecule has 0 amide bonds. The highest BCUT2D eigenvalue weighted by Crippen LogP contribution is 2.14. The summed E-state index contributed by atoms with van der Waals surface area (Å²) < 4.78 is 1.48. The van der Waals surface area contributed by atoms with Gasteiger partial charge in [0.2, 0.25) is 5.88 Å². The molecule has 4 nitrogen and oxygen atoms in total. The van der Waals surface area contributed by atoms with E-state index in [1.807, 2.05) is 30.3 Å². The zero-order valence-electron chi connectivity index (χ0n) is 10.7. The molecular weight excluding hydrogens is 226 g/mol. The lowest BCUT2D eigenvalue weighted by Crippen LogP contribution is -1.98. The van der Waals surface area contributed by atoms with Crippen LogP contribution >= 0.6 is 0 Å². The number of allylic oxidation sites excluding steroid dienone is 1. The minimum absolute atomic E-state index is 0.167. The Labute approximate surface area is 107 Å². The quantitative estimate of drug-likeness (QED) is 0.622. The molecule has 1 N–H and O–H groups in total. The van der Waals surface area contributed by atoms with E-state index >= 15 is 0 Å². The largest absolute Gasteiger partial charge is 0.493 e. The molecule has 0 fully saturated rings. The van der Waals surface area contributed by atoms with Crippen LogP contribution in [0.2, 0.25) is 0 Å². The Hall–Kier alpha value is -1.84. The van der Waals surface area contributed by atoms with E-state index in [4.69, 9.17) is 0 Å². The summed E-state index contributed by atoms with van der Waals surface area (Å²) in [5.41, 5.74) is 1.63. The number of hydrogen-bond donors (Lipinski definition) is 1. The van der Waals surface area contributed by atoms with Crippen LogP contribution in [0.4, 0.5) is 0 Å². The molecule has 0 unspecified atom stereocenters. The Morgan fingerprint density at radius 1 is 1.28 bits per heavy atom. The van der Waals surface area contributed by atoms with Crippen LogP contribution in [0.15, 0.2) is 30.3 Å². The first kappa shape index (κ1) is 12.6. The van der Waals surface area contributed by atoms with Crippen LogP contribution in [-0.4, -0.2) is 20.1 Å². The fraction of sp³-hybridized carbons (Fsp3) is 0.429. The van der Waals surface area contributed by atoms with Crippen molar-refractivity contribution in [3.05, 3.63) is 30.3 Å². The van der Waals surface area contributed by atoms with Crippen molar-refractivity contribution in [2.24, 2.45) is 0 Å². The molecule has 0 aliphatic heterocycles. The number of rotatable bonds is 6. The molecule has 2 rings (SSSR count). The average molecular weight is 245 g/mol. The molecule has 4 heteroatoms. The van der Waals surface area contributed by atoms with Gasteiger partial charge in [-0.25, -0.2) is 0 Å². The van der Waals surface area contributed by atoms with Gasteiger partial charge in [0, 0.05) is 0 Å². The normalized spacial score (nSPS) is 12.2. The van der Waals surface area contributed by atoms with Gasteiger partial charge in [-0.1, -0.05) is 43.5 Å². The lowest BCUT2D eigenvalue weighted by molar-refractivity contribution is 0.454. The Kier molecular flexibility index (Phi) is 4.34. The third-order valence-corrected chi connectivity index (χ3v) is 2.95. The molecule has 0 saturated carbocycles. The van der Waals surface area contributed by atoms with Gasteiger partial charge in [-0.3, -0.25) is 0 Å². The Morgan fingerprint density at radius 3 is 2.94 bits per heavy atom. The highest BCUT2D eigenvalue weighted by atomic mass is 16.3. The van der Waals surface area contributed by atoms with E-state index in [-0.39, 0.29) is 5.88 Å². The van der Waals surface area contributed by atoms with Crippen molar-refractivity contribution in [2.75, 3.05) is 0 Å². The summed E-state index contributed by atoms with van der Waals surface area (Å²) in [6.07, 6.45) is 7.48. The Bertz CT molecular complexity index is 531. The van der Waals surface area contributed by atoms with Crippen LogP contribution in [-0.2, 0) is 0 Å². The molecule has 96 valence electrons. The number of aliphatic hydroxyl groups is 1. The first-order chi connectivity index (χ1) is 8.83. The third kappa shape index (κ3) is 2.88. The highest BCUT2D eigenvalue weighted by Gasteiger charge is 2.05. The van der Waals surface area contributed by atoms with E-state index in [0.29, 0.717) is 0 Å². The zero-order valence-corrected chi connectivity index (χ0v) is 10.7. The maximum Gasteiger partial charge on any atom is 0.209 e. The Morgan fingerprint density at radius 2 is 2.11 bits per heavy atom. The van der Waals surface area contributed by atoms with Crippen molar-refractivity contribution in [1.82, 2.24) is 15.0 Å². The minimum Gasteiger partial charge on any atom is -0.493 e. The van der Waals surface area contributed by atoms with Crippen molar-refractivity contribution in [1.29, 1.82) is 0 Å². The van der Waals surface area contributed by atoms with Gasteiger partial charge < -0.3 is 5.11 Å². The standard InChI is InChI=1S/C14H19N3O/c1-2-3-4-5-6-11-14(18)17-13-10-8-7-9-12(13)15-16-17/h7-11,18H,2-6H2,1H3/b14-11+. The smallest absolute Gasteiger partial charge is 0.209 e. The summed E-state index contributed by atoms with van der Waals surface area (Å²) in [4.78, 5) is 0. The molecule has 1 heterocycles. The highest BCUT2D eigenvalue weighted by molar-refractivity contribution is 5.76. The van der Waals surface area contributed by atoms with Crippen LogP contribution < -0.4 is 0 Å². The molecule has 18 heavy (non-hydrogen) atoms. The second kappa shape index (κ2) is 6.19. The fourth-order valence-corrected chi connectivity index (χ4v) is 1.93. The van der Waals surface area contributed by atoms with Crippen molar-refractivity contribution in [2.45, 2.75) is 39.0 Å². The summed E-state index contributed by atoms with van der Waals surface area (Å²) in [5.74, 6) is 0.167. The van der Waals surface area contributed by atoms with Crippen LogP contribution in [0, 0.1) is 0 Å². The number of para-hydroxylation sites is 1. The van der Waals surface area contributed by atoms with Gasteiger partial charge in [-0.2, -0.15) is 4.68 Å². The maximum atomic E-state index is 9.99. The topological polar surface area (TPSA) is 50.9 Å². The molecule has 0 spiro atoms. The van der Waals surface area contributed by atoms with E-state index in [1.165, 1.54) is 23.9 Å². The molecule has 0 radical (unpaired) electrons. The summed E-state index contributed by atoms with van der Waals surface area (Å²) in [6.45, 7) is 2.19. The number of fused-ring (bicyclic) bond motifs is 1. The molecule has 0 aliphatic carbocycles. The monoisotopic (exact) mass is 245 g/mol. The van der Waals surface area contributed by atoms with Crippen LogP contribution in [0.5, 0.6) is 0 Å². The molecule has 0 atom stereocenters. The van der Waals surface area contributed by atoms with E-state index < -0.39 is 0 Å². The third-order valence-electron chi connectivity index (χ3n) is 2.95. The predicted molar refractivity (Wildman–Crippen MR) is 73.2 cm³/mol. The van der Waals surface area contributed by atoms with Gasteiger partial charge in [0.25, 0.3) is 0 Å². The van der Waals surface area contributed by atoms with Gasteiger partial charge in [0.05, 0.1) is 5.52 Å². The summed E-state index contributed by atoms with van der Waals surface area (Å²) in [5, 5.41) is 18.0. The van der Waals surface area contributed by atoms with Gasteiger partial charge in [-0.15, -0.1) is 5.10 Å². The van der Waals surface area contributed by atoms with E-state index in [9.17, 15) is 5.11 Å². The fourth-order valence-electron chi connectivity index (χ4n) is 1.93. The number of unbranched alkanes of at least 4 members (excludes halogenated alkanes) is 4. The number of nitrogens with zero attached hydrogens (tertiary/aromatic N) is 3. The second-order valence-corrected chi connectivity index (χ2v) is 4.40.